The fraction of sp³-hybridized carbons (Fsp3) is 0.125. The van der Waals surface area contributed by atoms with Gasteiger partial charge in [0.2, 0.25) is 0 Å². The molecule has 0 fully saturated rings. The van der Waals surface area contributed by atoms with Crippen LogP contribution in [0, 0.1) is 0 Å². The van der Waals surface area contributed by atoms with E-state index in [1.54, 1.807) is 36.4 Å². The summed E-state index contributed by atoms with van der Waals surface area (Å²) >= 11 is 17.4. The van der Waals surface area contributed by atoms with E-state index in [1.165, 1.54) is 6.07 Å². The average Bonchev–Trinajstić information content (AvgIpc) is 2.57. The first-order valence-corrected chi connectivity index (χ1v) is 8.26. The van der Waals surface area contributed by atoms with Gasteiger partial charge in [-0.25, -0.2) is 9.59 Å². The Kier molecular flexibility index (Phi) is 7.18. The van der Waals surface area contributed by atoms with Crippen molar-refractivity contribution < 1.29 is 14.3 Å². The Labute approximate surface area is 159 Å². The zero-order valence-corrected chi connectivity index (χ0v) is 15.1. The minimum Gasteiger partial charge on any atom is -0.447 e. The molecule has 2 aromatic rings. The number of amides is 3. The van der Waals surface area contributed by atoms with E-state index in [1.807, 2.05) is 0 Å². The van der Waals surface area contributed by atoms with Crippen molar-refractivity contribution in [2.75, 3.05) is 23.8 Å². The lowest BCUT2D eigenvalue weighted by Crippen LogP contribution is -2.32. The van der Waals surface area contributed by atoms with Crippen molar-refractivity contribution in [2.45, 2.75) is 0 Å². The molecule has 0 unspecified atom stereocenters. The van der Waals surface area contributed by atoms with Crippen molar-refractivity contribution in [2.24, 2.45) is 0 Å². The number of nitrogens with one attached hydrogen (secondary N) is 3. The van der Waals surface area contributed by atoms with E-state index in [9.17, 15) is 9.59 Å². The van der Waals surface area contributed by atoms with E-state index in [-0.39, 0.29) is 13.2 Å². The third kappa shape index (κ3) is 6.70. The fourth-order valence-electron chi connectivity index (χ4n) is 1.74. The van der Waals surface area contributed by atoms with E-state index < -0.39 is 12.1 Å². The van der Waals surface area contributed by atoms with Crippen LogP contribution in [0.15, 0.2) is 42.5 Å². The molecular weight excluding hydrogens is 389 g/mol. The Balaban J connectivity index is 1.66. The van der Waals surface area contributed by atoms with Gasteiger partial charge < -0.3 is 15.4 Å². The minimum atomic E-state index is -0.631. The van der Waals surface area contributed by atoms with Gasteiger partial charge in [0, 0.05) is 16.4 Å². The Hall–Kier alpha value is -2.15. The van der Waals surface area contributed by atoms with Gasteiger partial charge in [-0.05, 0) is 42.5 Å². The number of benzene rings is 2. The summed E-state index contributed by atoms with van der Waals surface area (Å²) in [5.41, 5.74) is 1.05. The van der Waals surface area contributed by atoms with E-state index in [2.05, 4.69) is 16.0 Å². The molecular formula is C16H14Cl3N3O3. The fourth-order valence-corrected chi connectivity index (χ4v) is 2.17. The van der Waals surface area contributed by atoms with Gasteiger partial charge in [0.25, 0.3) is 0 Å². The van der Waals surface area contributed by atoms with E-state index in [4.69, 9.17) is 39.5 Å². The highest BCUT2D eigenvalue weighted by Crippen LogP contribution is 2.24. The van der Waals surface area contributed by atoms with Crippen molar-refractivity contribution in [1.29, 1.82) is 0 Å². The Morgan fingerprint density at radius 1 is 0.880 bits per heavy atom. The van der Waals surface area contributed by atoms with Gasteiger partial charge in [0.15, 0.2) is 0 Å². The quantitative estimate of drug-likeness (QED) is 0.615. The van der Waals surface area contributed by atoms with Gasteiger partial charge in [-0.15, -0.1) is 0 Å². The van der Waals surface area contributed by atoms with Crippen LogP contribution < -0.4 is 16.0 Å². The van der Waals surface area contributed by atoms with Crippen LogP contribution in [0.4, 0.5) is 21.0 Å². The van der Waals surface area contributed by atoms with Crippen molar-refractivity contribution in [3.63, 3.8) is 0 Å². The molecule has 0 heterocycles. The number of hydrogen-bond acceptors (Lipinski definition) is 3. The van der Waals surface area contributed by atoms with Crippen LogP contribution in [0.2, 0.25) is 15.1 Å². The Bertz CT molecular complexity index is 754. The van der Waals surface area contributed by atoms with E-state index in [0.717, 1.165) is 0 Å². The summed E-state index contributed by atoms with van der Waals surface area (Å²) in [6.45, 7) is 0.148. The monoisotopic (exact) mass is 401 g/mol. The van der Waals surface area contributed by atoms with Gasteiger partial charge in [0.05, 0.1) is 16.6 Å². The molecule has 132 valence electrons. The molecule has 0 saturated carbocycles. The van der Waals surface area contributed by atoms with Crippen LogP contribution >= 0.6 is 34.8 Å². The molecule has 2 rings (SSSR count). The summed E-state index contributed by atoms with van der Waals surface area (Å²) in [5, 5.41) is 8.95. The molecule has 0 atom stereocenters. The van der Waals surface area contributed by atoms with Crippen LogP contribution in [0.5, 0.6) is 0 Å². The Morgan fingerprint density at radius 3 is 2.24 bits per heavy atom. The molecule has 0 saturated heterocycles. The molecule has 0 aliphatic rings. The maximum absolute atomic E-state index is 11.7. The SMILES string of the molecule is O=C(NCCOC(=O)Nc1ccc(Cl)cc1)Nc1ccc(Cl)c(Cl)c1. The first-order valence-electron chi connectivity index (χ1n) is 7.13. The summed E-state index contributed by atoms with van der Waals surface area (Å²) in [7, 11) is 0. The van der Waals surface area contributed by atoms with Crippen LogP contribution in [0.1, 0.15) is 0 Å². The third-order valence-electron chi connectivity index (χ3n) is 2.89. The number of carbonyl (C=O) groups is 2. The van der Waals surface area contributed by atoms with Gasteiger partial charge in [-0.2, -0.15) is 0 Å². The number of rotatable bonds is 5. The molecule has 0 aromatic heterocycles. The predicted octanol–water partition coefficient (Wildman–Crippen LogP) is 5.02. The number of hydrogen-bond donors (Lipinski definition) is 3. The van der Waals surface area contributed by atoms with Crippen LogP contribution in [-0.4, -0.2) is 25.3 Å². The topological polar surface area (TPSA) is 79.5 Å². The van der Waals surface area contributed by atoms with Crippen LogP contribution in [0.3, 0.4) is 0 Å². The normalized spacial score (nSPS) is 10.0. The van der Waals surface area contributed by atoms with Crippen molar-refractivity contribution in [1.82, 2.24) is 5.32 Å². The second-order valence-corrected chi connectivity index (χ2v) is 6.03. The third-order valence-corrected chi connectivity index (χ3v) is 3.88. The maximum atomic E-state index is 11.7. The second-order valence-electron chi connectivity index (χ2n) is 4.78. The maximum Gasteiger partial charge on any atom is 0.411 e. The molecule has 25 heavy (non-hydrogen) atoms. The average molecular weight is 403 g/mol. The van der Waals surface area contributed by atoms with E-state index in [0.29, 0.717) is 26.4 Å². The molecule has 3 N–H and O–H groups in total. The van der Waals surface area contributed by atoms with Gasteiger partial charge >= 0.3 is 12.1 Å². The van der Waals surface area contributed by atoms with Crippen molar-refractivity contribution in [3.8, 4) is 0 Å². The minimum absolute atomic E-state index is 0.00815. The van der Waals surface area contributed by atoms with Gasteiger partial charge in [0.1, 0.15) is 6.61 Å². The number of carbonyl (C=O) groups excluding carboxylic acids is 2. The molecule has 9 heteroatoms. The van der Waals surface area contributed by atoms with Gasteiger partial charge in [-0.1, -0.05) is 34.8 Å². The molecule has 0 aliphatic heterocycles. The summed E-state index contributed by atoms with van der Waals surface area (Å²) in [5.74, 6) is 0. The first-order chi connectivity index (χ1) is 11.9. The van der Waals surface area contributed by atoms with Gasteiger partial charge in [-0.3, -0.25) is 5.32 Å². The zero-order valence-electron chi connectivity index (χ0n) is 12.8. The highest BCUT2D eigenvalue weighted by atomic mass is 35.5. The number of halogens is 3. The summed E-state index contributed by atoms with van der Waals surface area (Å²) in [6, 6.07) is 10.8. The number of urea groups is 1. The molecule has 0 radical (unpaired) electrons. The standard InChI is InChI=1S/C16H14Cl3N3O3/c17-10-1-3-11(4-2-10)22-16(24)25-8-7-20-15(23)21-12-5-6-13(18)14(19)9-12/h1-6,9H,7-8H2,(H,22,24)(H2,20,21,23). The number of ether oxygens (including phenoxy) is 1. The zero-order chi connectivity index (χ0) is 18.2. The van der Waals surface area contributed by atoms with Crippen molar-refractivity contribution in [3.05, 3.63) is 57.5 Å². The summed E-state index contributed by atoms with van der Waals surface area (Å²) in [4.78, 5) is 23.3. The van der Waals surface area contributed by atoms with Crippen molar-refractivity contribution >= 4 is 58.3 Å². The lowest BCUT2D eigenvalue weighted by atomic mass is 10.3. The van der Waals surface area contributed by atoms with Crippen LogP contribution in [0.25, 0.3) is 0 Å². The first kappa shape index (κ1) is 19.2. The van der Waals surface area contributed by atoms with Crippen LogP contribution in [-0.2, 0) is 4.74 Å². The lowest BCUT2D eigenvalue weighted by molar-refractivity contribution is 0.162. The molecule has 0 aliphatic carbocycles. The summed E-state index contributed by atoms with van der Waals surface area (Å²) < 4.78 is 4.95. The predicted molar refractivity (Wildman–Crippen MR) is 99.9 cm³/mol. The molecule has 3 amide bonds. The molecule has 0 spiro atoms. The molecule has 0 bridgehead atoms. The number of anilines is 2. The van der Waals surface area contributed by atoms with E-state index >= 15 is 0 Å². The highest BCUT2D eigenvalue weighted by Gasteiger charge is 2.06. The summed E-state index contributed by atoms with van der Waals surface area (Å²) in [6.07, 6.45) is -0.631. The molecule has 2 aromatic carbocycles. The Morgan fingerprint density at radius 2 is 1.56 bits per heavy atom. The second kappa shape index (κ2) is 9.36. The highest BCUT2D eigenvalue weighted by molar-refractivity contribution is 6.42. The smallest absolute Gasteiger partial charge is 0.411 e. The lowest BCUT2D eigenvalue weighted by Gasteiger charge is -2.09. The molecule has 6 nitrogen and oxygen atoms in total. The largest absolute Gasteiger partial charge is 0.447 e.